The van der Waals surface area contributed by atoms with Crippen LogP contribution in [0.3, 0.4) is 0 Å². The molecule has 0 aliphatic carbocycles. The fourth-order valence-corrected chi connectivity index (χ4v) is 1.08. The molecule has 0 saturated heterocycles. The fraction of sp³-hybridized carbons (Fsp3) is 0.250. The SMILES string of the molecule is COc1ncc(N2C=CCN2)cn1. The lowest BCUT2D eigenvalue weighted by Crippen LogP contribution is -2.28. The highest BCUT2D eigenvalue weighted by Gasteiger charge is 2.06. The third-order valence-electron chi connectivity index (χ3n) is 1.71. The van der Waals surface area contributed by atoms with E-state index >= 15 is 0 Å². The predicted molar refractivity (Wildman–Crippen MR) is 48.2 cm³/mol. The molecule has 2 heterocycles. The van der Waals surface area contributed by atoms with Crippen LogP contribution in [0, 0.1) is 0 Å². The van der Waals surface area contributed by atoms with Crippen LogP contribution in [-0.4, -0.2) is 23.6 Å². The Morgan fingerprint density at radius 1 is 1.46 bits per heavy atom. The Bertz CT molecular complexity index is 308. The van der Waals surface area contributed by atoms with Gasteiger partial charge in [0.1, 0.15) is 0 Å². The first-order chi connectivity index (χ1) is 6.40. The highest BCUT2D eigenvalue weighted by Crippen LogP contribution is 2.13. The topological polar surface area (TPSA) is 50.3 Å². The average molecular weight is 178 g/mol. The van der Waals surface area contributed by atoms with E-state index in [-0.39, 0.29) is 0 Å². The molecular formula is C8H10N4O. The Hall–Kier alpha value is -1.62. The molecule has 0 atom stereocenters. The first-order valence-corrected chi connectivity index (χ1v) is 3.95. The lowest BCUT2D eigenvalue weighted by atomic mass is 10.5. The second-order valence-electron chi connectivity index (χ2n) is 2.54. The first kappa shape index (κ1) is 8.00. The van der Waals surface area contributed by atoms with Crippen molar-refractivity contribution in [3.8, 4) is 6.01 Å². The number of hydrogen-bond acceptors (Lipinski definition) is 5. The maximum absolute atomic E-state index is 4.85. The first-order valence-electron chi connectivity index (χ1n) is 3.95. The van der Waals surface area contributed by atoms with Crippen LogP contribution in [0.25, 0.3) is 0 Å². The number of ether oxygens (including phenoxy) is 1. The van der Waals surface area contributed by atoms with Crippen molar-refractivity contribution in [2.45, 2.75) is 0 Å². The van der Waals surface area contributed by atoms with Gasteiger partial charge in [0.25, 0.3) is 0 Å². The number of nitrogens with one attached hydrogen (secondary N) is 1. The van der Waals surface area contributed by atoms with Gasteiger partial charge in [-0.1, -0.05) is 6.08 Å². The molecule has 1 aliphatic heterocycles. The van der Waals surface area contributed by atoms with E-state index in [4.69, 9.17) is 4.74 Å². The molecule has 0 fully saturated rings. The zero-order chi connectivity index (χ0) is 9.10. The Kier molecular flexibility index (Phi) is 2.09. The van der Waals surface area contributed by atoms with Gasteiger partial charge in [0, 0.05) is 12.7 Å². The van der Waals surface area contributed by atoms with Crippen molar-refractivity contribution in [1.29, 1.82) is 0 Å². The monoisotopic (exact) mass is 178 g/mol. The zero-order valence-corrected chi connectivity index (χ0v) is 7.27. The predicted octanol–water partition coefficient (Wildman–Crippen LogP) is 0.323. The van der Waals surface area contributed by atoms with Crippen molar-refractivity contribution in [3.05, 3.63) is 24.7 Å². The van der Waals surface area contributed by atoms with Crippen molar-refractivity contribution in [3.63, 3.8) is 0 Å². The molecule has 13 heavy (non-hydrogen) atoms. The molecule has 0 saturated carbocycles. The van der Waals surface area contributed by atoms with Crippen molar-refractivity contribution >= 4 is 5.69 Å². The maximum Gasteiger partial charge on any atom is 0.316 e. The number of methoxy groups -OCH3 is 1. The number of rotatable bonds is 2. The maximum atomic E-state index is 4.85. The molecule has 2 rings (SSSR count). The lowest BCUT2D eigenvalue weighted by molar-refractivity contribution is 0.379. The van der Waals surface area contributed by atoms with Crippen LogP contribution in [0.1, 0.15) is 0 Å². The van der Waals surface area contributed by atoms with Crippen LogP contribution in [0.2, 0.25) is 0 Å². The summed E-state index contributed by atoms with van der Waals surface area (Å²) in [4.78, 5) is 7.99. The van der Waals surface area contributed by atoms with Crippen LogP contribution >= 0.6 is 0 Å². The van der Waals surface area contributed by atoms with Crippen molar-refractivity contribution in [1.82, 2.24) is 15.4 Å². The number of hydrogen-bond donors (Lipinski definition) is 1. The minimum absolute atomic E-state index is 0.381. The highest BCUT2D eigenvalue weighted by molar-refractivity contribution is 5.45. The van der Waals surface area contributed by atoms with Gasteiger partial charge in [-0.3, -0.25) is 5.01 Å². The molecule has 0 bridgehead atoms. The number of aromatic nitrogens is 2. The molecule has 1 aliphatic rings. The second-order valence-corrected chi connectivity index (χ2v) is 2.54. The molecular weight excluding hydrogens is 168 g/mol. The van der Waals surface area contributed by atoms with Gasteiger partial charge in [0.2, 0.25) is 0 Å². The standard InChI is InChI=1S/C8H10N4O/c1-13-8-9-5-7(6-10-8)12-4-2-3-11-12/h2,4-6,11H,3H2,1H3. The summed E-state index contributed by atoms with van der Waals surface area (Å²) >= 11 is 0. The smallest absolute Gasteiger partial charge is 0.316 e. The molecule has 0 spiro atoms. The third-order valence-corrected chi connectivity index (χ3v) is 1.71. The van der Waals surface area contributed by atoms with E-state index in [1.54, 1.807) is 19.5 Å². The fourth-order valence-electron chi connectivity index (χ4n) is 1.08. The summed E-state index contributed by atoms with van der Waals surface area (Å²) in [5, 5.41) is 1.86. The van der Waals surface area contributed by atoms with E-state index in [0.717, 1.165) is 12.2 Å². The summed E-state index contributed by atoms with van der Waals surface area (Å²) < 4.78 is 4.85. The van der Waals surface area contributed by atoms with Crippen molar-refractivity contribution < 1.29 is 4.74 Å². The molecule has 0 radical (unpaired) electrons. The van der Waals surface area contributed by atoms with E-state index in [1.807, 2.05) is 17.3 Å². The minimum atomic E-state index is 0.381. The molecule has 5 nitrogen and oxygen atoms in total. The summed E-state index contributed by atoms with van der Waals surface area (Å²) in [6.45, 7) is 0.839. The quantitative estimate of drug-likeness (QED) is 0.707. The summed E-state index contributed by atoms with van der Waals surface area (Å²) in [5.41, 5.74) is 4.01. The molecule has 1 N–H and O–H groups in total. The molecule has 68 valence electrons. The van der Waals surface area contributed by atoms with Gasteiger partial charge < -0.3 is 4.74 Å². The summed E-state index contributed by atoms with van der Waals surface area (Å²) in [6, 6.07) is 0.381. The van der Waals surface area contributed by atoms with E-state index in [0.29, 0.717) is 6.01 Å². The van der Waals surface area contributed by atoms with Crippen LogP contribution in [0.15, 0.2) is 24.7 Å². The lowest BCUT2D eigenvalue weighted by Gasteiger charge is -2.14. The number of hydrazine groups is 1. The van der Waals surface area contributed by atoms with Crippen molar-refractivity contribution in [2.24, 2.45) is 0 Å². The largest absolute Gasteiger partial charge is 0.467 e. The molecule has 5 heteroatoms. The van der Waals surface area contributed by atoms with Gasteiger partial charge in [-0.15, -0.1) is 0 Å². The zero-order valence-electron chi connectivity index (χ0n) is 7.27. The molecule has 0 unspecified atom stereocenters. The Labute approximate surface area is 76.0 Å². The van der Waals surface area contributed by atoms with E-state index in [9.17, 15) is 0 Å². The van der Waals surface area contributed by atoms with Gasteiger partial charge in [0.15, 0.2) is 0 Å². The van der Waals surface area contributed by atoms with Crippen molar-refractivity contribution in [2.75, 3.05) is 18.7 Å². The second kappa shape index (κ2) is 3.40. The Morgan fingerprint density at radius 2 is 2.23 bits per heavy atom. The molecule has 1 aromatic rings. The van der Waals surface area contributed by atoms with Crippen LogP contribution in [0.5, 0.6) is 6.01 Å². The van der Waals surface area contributed by atoms with E-state index < -0.39 is 0 Å². The summed E-state index contributed by atoms with van der Waals surface area (Å²) in [7, 11) is 1.54. The van der Waals surface area contributed by atoms with Gasteiger partial charge in [-0.05, 0) is 0 Å². The highest BCUT2D eigenvalue weighted by atomic mass is 16.5. The third kappa shape index (κ3) is 1.59. The van der Waals surface area contributed by atoms with Gasteiger partial charge >= 0.3 is 6.01 Å². The molecule has 0 amide bonds. The number of anilines is 1. The summed E-state index contributed by atoms with van der Waals surface area (Å²) in [6.07, 6.45) is 7.36. The molecule has 0 aromatic carbocycles. The van der Waals surface area contributed by atoms with Gasteiger partial charge in [-0.2, -0.15) is 0 Å². The number of nitrogens with zero attached hydrogens (tertiary/aromatic N) is 3. The van der Waals surface area contributed by atoms with Crippen LogP contribution < -0.4 is 15.2 Å². The summed E-state index contributed by atoms with van der Waals surface area (Å²) in [5.74, 6) is 0. The Balaban J connectivity index is 2.17. The molecule has 1 aromatic heterocycles. The normalized spacial score (nSPS) is 15.0. The Morgan fingerprint density at radius 3 is 2.77 bits per heavy atom. The average Bonchev–Trinajstić information content (AvgIpc) is 2.71. The van der Waals surface area contributed by atoms with Crippen LogP contribution in [-0.2, 0) is 0 Å². The van der Waals surface area contributed by atoms with Gasteiger partial charge in [0.05, 0.1) is 25.2 Å². The van der Waals surface area contributed by atoms with E-state index in [1.165, 1.54) is 0 Å². The van der Waals surface area contributed by atoms with E-state index in [2.05, 4.69) is 15.4 Å². The van der Waals surface area contributed by atoms with Crippen LogP contribution in [0.4, 0.5) is 5.69 Å². The van der Waals surface area contributed by atoms with Gasteiger partial charge in [-0.25, -0.2) is 15.4 Å². The minimum Gasteiger partial charge on any atom is -0.467 e.